The van der Waals surface area contributed by atoms with E-state index in [2.05, 4.69) is 12.2 Å². The summed E-state index contributed by atoms with van der Waals surface area (Å²) >= 11 is 0. The lowest BCUT2D eigenvalue weighted by atomic mass is 10.1. The van der Waals surface area contributed by atoms with Crippen LogP contribution in [0.15, 0.2) is 0 Å². The van der Waals surface area contributed by atoms with E-state index in [1.165, 1.54) is 0 Å². The Bertz CT molecular complexity index is 171. The van der Waals surface area contributed by atoms with Crippen molar-refractivity contribution >= 4 is 5.91 Å². The van der Waals surface area contributed by atoms with E-state index >= 15 is 0 Å². The summed E-state index contributed by atoms with van der Waals surface area (Å²) in [5.41, 5.74) is 5.56. The van der Waals surface area contributed by atoms with Crippen LogP contribution in [0.3, 0.4) is 0 Å². The largest absolute Gasteiger partial charge is 0.351 e. The molecule has 1 aliphatic carbocycles. The number of nitrogens with one attached hydrogen (secondary N) is 1. The van der Waals surface area contributed by atoms with Crippen LogP contribution in [-0.4, -0.2) is 18.0 Å². The molecule has 3 N–H and O–H groups in total. The molecule has 0 aliphatic heterocycles. The highest BCUT2D eigenvalue weighted by Gasteiger charge is 2.39. The van der Waals surface area contributed by atoms with Gasteiger partial charge in [-0.1, -0.05) is 6.92 Å². The first kappa shape index (κ1) is 9.52. The summed E-state index contributed by atoms with van der Waals surface area (Å²) in [7, 11) is 0. The van der Waals surface area contributed by atoms with Crippen molar-refractivity contribution in [2.45, 2.75) is 38.6 Å². The zero-order valence-corrected chi connectivity index (χ0v) is 7.89. The van der Waals surface area contributed by atoms with Crippen molar-refractivity contribution in [2.24, 2.45) is 11.7 Å². The fourth-order valence-electron chi connectivity index (χ4n) is 1.17. The van der Waals surface area contributed by atoms with Crippen molar-refractivity contribution in [2.75, 3.05) is 6.54 Å². The van der Waals surface area contributed by atoms with Gasteiger partial charge in [-0.2, -0.15) is 0 Å². The number of hydrogen-bond acceptors (Lipinski definition) is 2. The van der Waals surface area contributed by atoms with Crippen molar-refractivity contribution in [1.29, 1.82) is 0 Å². The first-order valence-electron chi connectivity index (χ1n) is 4.63. The quantitative estimate of drug-likeness (QED) is 0.650. The highest BCUT2D eigenvalue weighted by atomic mass is 16.2. The Hall–Kier alpha value is -0.570. The fraction of sp³-hybridized carbons (Fsp3) is 0.889. The Morgan fingerprint density at radius 3 is 2.58 bits per heavy atom. The third kappa shape index (κ3) is 2.21. The molecule has 0 radical (unpaired) electrons. The van der Waals surface area contributed by atoms with Crippen LogP contribution in [0.1, 0.15) is 33.1 Å². The summed E-state index contributed by atoms with van der Waals surface area (Å²) in [6, 6.07) is 0. The lowest BCUT2D eigenvalue weighted by Gasteiger charge is -2.16. The topological polar surface area (TPSA) is 55.1 Å². The average Bonchev–Trinajstić information content (AvgIpc) is 2.70. The Morgan fingerprint density at radius 2 is 2.25 bits per heavy atom. The first-order valence-corrected chi connectivity index (χ1v) is 4.63. The molecule has 70 valence electrons. The molecule has 0 heterocycles. The van der Waals surface area contributed by atoms with Gasteiger partial charge in [0.05, 0.1) is 0 Å². The summed E-state index contributed by atoms with van der Waals surface area (Å²) < 4.78 is 0. The van der Waals surface area contributed by atoms with Crippen LogP contribution in [0.4, 0.5) is 0 Å². The molecule has 1 fully saturated rings. The number of carbonyl (C=O) groups is 1. The second-order valence-corrected chi connectivity index (χ2v) is 3.89. The Morgan fingerprint density at radius 1 is 1.67 bits per heavy atom. The normalized spacial score (nSPS) is 21.6. The molecule has 1 atom stereocenters. The van der Waals surface area contributed by atoms with Gasteiger partial charge in [0.15, 0.2) is 0 Å². The van der Waals surface area contributed by atoms with E-state index in [0.717, 1.165) is 19.3 Å². The molecule has 3 heteroatoms. The fourth-order valence-corrected chi connectivity index (χ4v) is 1.17. The first-order chi connectivity index (χ1) is 5.61. The molecule has 0 spiro atoms. The lowest BCUT2D eigenvalue weighted by Crippen LogP contribution is -2.41. The molecule has 0 aromatic carbocycles. The predicted molar refractivity (Wildman–Crippen MR) is 48.6 cm³/mol. The third-order valence-corrected chi connectivity index (χ3v) is 2.57. The maximum Gasteiger partial charge on any atom is 0.224 e. The lowest BCUT2D eigenvalue weighted by molar-refractivity contribution is -0.125. The zero-order chi connectivity index (χ0) is 9.19. The number of amides is 1. The van der Waals surface area contributed by atoms with Crippen molar-refractivity contribution < 1.29 is 4.79 Å². The van der Waals surface area contributed by atoms with E-state index in [-0.39, 0.29) is 17.4 Å². The molecule has 3 nitrogen and oxygen atoms in total. The van der Waals surface area contributed by atoms with E-state index in [9.17, 15) is 4.79 Å². The summed E-state index contributed by atoms with van der Waals surface area (Å²) in [5, 5.41) is 3.01. The zero-order valence-electron chi connectivity index (χ0n) is 7.89. The standard InChI is InChI=1S/C9H18N2O/c1-3-7(6-10)8(12)11-9(2)4-5-9/h7H,3-6,10H2,1-2H3,(H,11,12). The highest BCUT2D eigenvalue weighted by Crippen LogP contribution is 2.34. The van der Waals surface area contributed by atoms with E-state index in [0.29, 0.717) is 6.54 Å². The van der Waals surface area contributed by atoms with Crippen molar-refractivity contribution in [3.63, 3.8) is 0 Å². The highest BCUT2D eigenvalue weighted by molar-refractivity contribution is 5.79. The summed E-state index contributed by atoms with van der Waals surface area (Å²) in [4.78, 5) is 11.5. The van der Waals surface area contributed by atoms with Crippen molar-refractivity contribution in [3.8, 4) is 0 Å². The average molecular weight is 170 g/mol. The van der Waals surface area contributed by atoms with Crippen molar-refractivity contribution in [3.05, 3.63) is 0 Å². The van der Waals surface area contributed by atoms with Gasteiger partial charge in [-0.05, 0) is 26.2 Å². The third-order valence-electron chi connectivity index (χ3n) is 2.57. The molecule has 0 saturated heterocycles. The number of carbonyl (C=O) groups excluding carboxylic acids is 1. The maximum absolute atomic E-state index is 11.5. The monoisotopic (exact) mass is 170 g/mol. The molecule has 0 aromatic rings. The molecule has 1 amide bonds. The van der Waals surface area contributed by atoms with Crippen LogP contribution in [0.25, 0.3) is 0 Å². The molecule has 1 saturated carbocycles. The van der Waals surface area contributed by atoms with E-state index in [1.54, 1.807) is 0 Å². The number of nitrogens with two attached hydrogens (primary N) is 1. The smallest absolute Gasteiger partial charge is 0.224 e. The maximum atomic E-state index is 11.5. The van der Waals surface area contributed by atoms with Crippen LogP contribution in [0.2, 0.25) is 0 Å². The van der Waals surface area contributed by atoms with Crippen LogP contribution in [0.5, 0.6) is 0 Å². The molecule has 1 aliphatic rings. The van der Waals surface area contributed by atoms with Crippen LogP contribution < -0.4 is 11.1 Å². The Balaban J connectivity index is 2.35. The Labute approximate surface area is 73.7 Å². The van der Waals surface area contributed by atoms with Gasteiger partial charge in [-0.15, -0.1) is 0 Å². The van der Waals surface area contributed by atoms with E-state index in [1.807, 2.05) is 6.92 Å². The van der Waals surface area contributed by atoms with Gasteiger partial charge in [0, 0.05) is 18.0 Å². The van der Waals surface area contributed by atoms with Gasteiger partial charge in [-0.3, -0.25) is 4.79 Å². The molecule has 0 aromatic heterocycles. The predicted octanol–water partition coefficient (Wildman–Crippen LogP) is 0.640. The second-order valence-electron chi connectivity index (χ2n) is 3.89. The molecular weight excluding hydrogens is 152 g/mol. The van der Waals surface area contributed by atoms with Gasteiger partial charge in [-0.25, -0.2) is 0 Å². The van der Waals surface area contributed by atoms with Crippen LogP contribution in [0, 0.1) is 5.92 Å². The molecule has 1 rings (SSSR count). The van der Waals surface area contributed by atoms with Gasteiger partial charge >= 0.3 is 0 Å². The Kier molecular flexibility index (Phi) is 2.73. The molecule has 12 heavy (non-hydrogen) atoms. The number of hydrogen-bond donors (Lipinski definition) is 2. The minimum atomic E-state index is 0.00225. The van der Waals surface area contributed by atoms with Crippen LogP contribution in [-0.2, 0) is 4.79 Å². The van der Waals surface area contributed by atoms with E-state index < -0.39 is 0 Å². The second kappa shape index (κ2) is 3.44. The molecular formula is C9H18N2O. The minimum Gasteiger partial charge on any atom is -0.351 e. The summed E-state index contributed by atoms with van der Waals surface area (Å²) in [6.45, 7) is 4.53. The summed E-state index contributed by atoms with van der Waals surface area (Å²) in [5.74, 6) is 0.127. The van der Waals surface area contributed by atoms with Crippen molar-refractivity contribution in [1.82, 2.24) is 5.32 Å². The molecule has 1 unspecified atom stereocenters. The summed E-state index contributed by atoms with van der Waals surface area (Å²) in [6.07, 6.45) is 3.05. The van der Waals surface area contributed by atoms with Crippen LogP contribution >= 0.6 is 0 Å². The van der Waals surface area contributed by atoms with Gasteiger partial charge in [0.2, 0.25) is 5.91 Å². The van der Waals surface area contributed by atoms with Gasteiger partial charge in [0.1, 0.15) is 0 Å². The van der Waals surface area contributed by atoms with Gasteiger partial charge in [0.25, 0.3) is 0 Å². The van der Waals surface area contributed by atoms with Gasteiger partial charge < -0.3 is 11.1 Å². The number of rotatable bonds is 4. The van der Waals surface area contributed by atoms with E-state index in [4.69, 9.17) is 5.73 Å². The minimum absolute atomic E-state index is 0.00225. The molecule has 0 bridgehead atoms. The SMILES string of the molecule is CCC(CN)C(=O)NC1(C)CC1.